The number of nitrogens with one attached hydrogen (secondary N) is 2. The van der Waals surface area contributed by atoms with Crippen LogP contribution in [0.25, 0.3) is 10.9 Å². The lowest BCUT2D eigenvalue weighted by Gasteiger charge is -2.26. The molecule has 3 aromatic rings. The van der Waals surface area contributed by atoms with Crippen LogP contribution in [-0.4, -0.2) is 41.4 Å². The molecule has 8 heteroatoms. The molecule has 0 bridgehead atoms. The van der Waals surface area contributed by atoms with Crippen molar-refractivity contribution in [1.29, 1.82) is 0 Å². The van der Waals surface area contributed by atoms with Gasteiger partial charge in [-0.2, -0.15) is 0 Å². The first-order valence-electron chi connectivity index (χ1n) is 9.99. The molecule has 2 aromatic heterocycles. The summed E-state index contributed by atoms with van der Waals surface area (Å²) in [5.41, 5.74) is 1.34. The Morgan fingerprint density at radius 3 is 3.00 bits per heavy atom. The maximum atomic E-state index is 12.7. The lowest BCUT2D eigenvalue weighted by atomic mass is 10.1. The smallest absolute Gasteiger partial charge is 0.253 e. The Labute approximate surface area is 184 Å². The van der Waals surface area contributed by atoms with Gasteiger partial charge >= 0.3 is 0 Å². The van der Waals surface area contributed by atoms with E-state index in [0.29, 0.717) is 30.3 Å². The number of thiophene rings is 1. The Bertz CT molecular complexity index is 1060. The van der Waals surface area contributed by atoms with Crippen molar-refractivity contribution in [1.82, 2.24) is 15.2 Å². The standard InChI is InChI=1S/C22H25N3O3S2/c1-27-17-6-7-20-15(11-17)10-16(21(26)24-20)13-25(14-19-5-3-9-30-19)22(29)23-12-18-4-2-8-28-18/h3,5-7,9-11,18H,2,4,8,12-14H2,1H3,(H,23,29)(H,24,26)/t18-/m0/s1. The van der Waals surface area contributed by atoms with Gasteiger partial charge < -0.3 is 24.7 Å². The molecule has 1 fully saturated rings. The fourth-order valence-corrected chi connectivity index (χ4v) is 4.52. The topological polar surface area (TPSA) is 66.6 Å². The second kappa shape index (κ2) is 9.59. The minimum atomic E-state index is -0.106. The van der Waals surface area contributed by atoms with Gasteiger partial charge in [0.25, 0.3) is 5.56 Å². The van der Waals surface area contributed by atoms with E-state index in [4.69, 9.17) is 21.7 Å². The number of pyridine rings is 1. The number of methoxy groups -OCH3 is 1. The predicted octanol–water partition coefficient (Wildman–Crippen LogP) is 3.65. The van der Waals surface area contributed by atoms with Crippen LogP contribution in [0, 0.1) is 0 Å². The van der Waals surface area contributed by atoms with Gasteiger partial charge in [0.1, 0.15) is 5.75 Å². The highest BCUT2D eigenvalue weighted by Gasteiger charge is 2.19. The van der Waals surface area contributed by atoms with Crippen molar-refractivity contribution in [3.8, 4) is 5.75 Å². The van der Waals surface area contributed by atoms with Gasteiger partial charge in [0.2, 0.25) is 0 Å². The van der Waals surface area contributed by atoms with Crippen LogP contribution in [0.3, 0.4) is 0 Å². The van der Waals surface area contributed by atoms with Crippen LogP contribution in [0.15, 0.2) is 46.6 Å². The number of aromatic amines is 1. The van der Waals surface area contributed by atoms with Gasteiger partial charge in [-0.1, -0.05) is 6.07 Å². The molecule has 158 valence electrons. The molecule has 1 aliphatic heterocycles. The largest absolute Gasteiger partial charge is 0.497 e. The predicted molar refractivity (Wildman–Crippen MR) is 124 cm³/mol. The Hall–Kier alpha value is -2.42. The van der Waals surface area contributed by atoms with E-state index >= 15 is 0 Å². The van der Waals surface area contributed by atoms with Crippen LogP contribution in [0.2, 0.25) is 0 Å². The summed E-state index contributed by atoms with van der Waals surface area (Å²) >= 11 is 7.37. The highest BCUT2D eigenvalue weighted by atomic mass is 32.1. The molecule has 30 heavy (non-hydrogen) atoms. The molecule has 0 aliphatic carbocycles. The molecule has 0 radical (unpaired) electrons. The van der Waals surface area contributed by atoms with Crippen LogP contribution < -0.4 is 15.6 Å². The van der Waals surface area contributed by atoms with E-state index in [1.165, 1.54) is 4.88 Å². The van der Waals surface area contributed by atoms with Crippen molar-refractivity contribution in [2.75, 3.05) is 20.3 Å². The Morgan fingerprint density at radius 2 is 2.27 bits per heavy atom. The normalized spacial score (nSPS) is 16.0. The van der Waals surface area contributed by atoms with Crippen LogP contribution in [0.5, 0.6) is 5.75 Å². The van der Waals surface area contributed by atoms with Gasteiger partial charge in [-0.15, -0.1) is 11.3 Å². The molecule has 3 heterocycles. The average molecular weight is 444 g/mol. The second-order valence-electron chi connectivity index (χ2n) is 7.33. The molecule has 2 N–H and O–H groups in total. The molecule has 1 aliphatic rings. The zero-order valence-corrected chi connectivity index (χ0v) is 18.5. The summed E-state index contributed by atoms with van der Waals surface area (Å²) in [5.74, 6) is 0.754. The molecule has 1 atom stereocenters. The van der Waals surface area contributed by atoms with Crippen LogP contribution in [-0.2, 0) is 17.8 Å². The fraction of sp³-hybridized carbons (Fsp3) is 0.364. The minimum Gasteiger partial charge on any atom is -0.497 e. The zero-order chi connectivity index (χ0) is 20.9. The van der Waals surface area contributed by atoms with Gasteiger partial charge in [0.05, 0.1) is 26.3 Å². The summed E-state index contributed by atoms with van der Waals surface area (Å²) in [4.78, 5) is 18.9. The maximum absolute atomic E-state index is 12.7. The molecule has 0 saturated carbocycles. The maximum Gasteiger partial charge on any atom is 0.253 e. The van der Waals surface area contributed by atoms with Crippen LogP contribution in [0.4, 0.5) is 0 Å². The molecule has 1 saturated heterocycles. The molecular weight excluding hydrogens is 418 g/mol. The van der Waals surface area contributed by atoms with E-state index < -0.39 is 0 Å². The number of aromatic nitrogens is 1. The first-order valence-corrected chi connectivity index (χ1v) is 11.3. The highest BCUT2D eigenvalue weighted by Crippen LogP contribution is 2.20. The molecule has 0 unspecified atom stereocenters. The van der Waals surface area contributed by atoms with E-state index in [0.717, 1.165) is 36.1 Å². The average Bonchev–Trinajstić information content (AvgIpc) is 3.46. The number of hydrogen-bond donors (Lipinski definition) is 2. The lowest BCUT2D eigenvalue weighted by molar-refractivity contribution is 0.113. The number of ether oxygens (including phenoxy) is 2. The quantitative estimate of drug-likeness (QED) is 0.544. The molecule has 4 rings (SSSR count). The molecule has 0 spiro atoms. The van der Waals surface area contributed by atoms with Gasteiger partial charge in [-0.05, 0) is 60.8 Å². The summed E-state index contributed by atoms with van der Waals surface area (Å²) in [7, 11) is 1.63. The third-order valence-electron chi connectivity index (χ3n) is 5.21. The van der Waals surface area contributed by atoms with Crippen molar-refractivity contribution < 1.29 is 9.47 Å². The monoisotopic (exact) mass is 443 g/mol. The van der Waals surface area contributed by atoms with Crippen molar-refractivity contribution >= 4 is 39.6 Å². The highest BCUT2D eigenvalue weighted by molar-refractivity contribution is 7.80. The molecule has 1 aromatic carbocycles. The van der Waals surface area contributed by atoms with Crippen molar-refractivity contribution in [2.24, 2.45) is 0 Å². The molecule has 0 amide bonds. The SMILES string of the molecule is COc1ccc2[nH]c(=O)c(CN(Cc3cccs3)C(=S)NC[C@@H]3CCCO3)cc2c1. The van der Waals surface area contributed by atoms with Crippen molar-refractivity contribution in [3.63, 3.8) is 0 Å². The summed E-state index contributed by atoms with van der Waals surface area (Å²) in [6, 6.07) is 11.6. The lowest BCUT2D eigenvalue weighted by Crippen LogP contribution is -2.42. The minimum absolute atomic E-state index is 0.106. The first-order chi connectivity index (χ1) is 14.6. The molecule has 6 nitrogen and oxygen atoms in total. The van der Waals surface area contributed by atoms with E-state index in [9.17, 15) is 4.79 Å². The van der Waals surface area contributed by atoms with E-state index in [1.54, 1.807) is 18.4 Å². The Kier molecular flexibility index (Phi) is 6.66. The van der Waals surface area contributed by atoms with Crippen molar-refractivity contribution in [3.05, 3.63) is 62.6 Å². The van der Waals surface area contributed by atoms with Gasteiger partial charge in [-0.25, -0.2) is 0 Å². The number of fused-ring (bicyclic) bond motifs is 1. The summed E-state index contributed by atoms with van der Waals surface area (Å²) < 4.78 is 11.0. The zero-order valence-electron chi connectivity index (χ0n) is 16.8. The number of hydrogen-bond acceptors (Lipinski definition) is 5. The number of rotatable bonds is 7. The number of benzene rings is 1. The Balaban J connectivity index is 1.56. The van der Waals surface area contributed by atoms with E-state index in [-0.39, 0.29) is 11.7 Å². The van der Waals surface area contributed by atoms with Gasteiger partial charge in [-0.3, -0.25) is 4.79 Å². The first kappa shape index (κ1) is 20.8. The van der Waals surface area contributed by atoms with Crippen LogP contribution in [0.1, 0.15) is 23.3 Å². The van der Waals surface area contributed by atoms with Gasteiger partial charge in [0, 0.05) is 34.5 Å². The second-order valence-corrected chi connectivity index (χ2v) is 8.75. The number of thiocarbonyl (C=S) groups is 1. The fourth-order valence-electron chi connectivity index (χ4n) is 3.59. The number of nitrogens with zero attached hydrogens (tertiary/aromatic N) is 1. The summed E-state index contributed by atoms with van der Waals surface area (Å²) in [6.07, 6.45) is 2.34. The summed E-state index contributed by atoms with van der Waals surface area (Å²) in [5, 5.41) is 6.94. The third-order valence-corrected chi connectivity index (χ3v) is 6.47. The van der Waals surface area contributed by atoms with E-state index in [2.05, 4.69) is 16.4 Å². The van der Waals surface area contributed by atoms with E-state index in [1.807, 2.05) is 40.6 Å². The summed E-state index contributed by atoms with van der Waals surface area (Å²) in [6.45, 7) is 2.56. The number of H-pyrrole nitrogens is 1. The van der Waals surface area contributed by atoms with Crippen molar-refractivity contribution in [2.45, 2.75) is 32.0 Å². The van der Waals surface area contributed by atoms with Crippen LogP contribution >= 0.6 is 23.6 Å². The van der Waals surface area contributed by atoms with Gasteiger partial charge in [0.15, 0.2) is 5.11 Å². The molecular formula is C22H25N3O3S2. The third kappa shape index (κ3) is 5.00. The Morgan fingerprint density at radius 1 is 1.37 bits per heavy atom.